The quantitative estimate of drug-likeness (QED) is 0.499. The molecule has 0 amide bonds. The minimum absolute atomic E-state index is 0.143. The molecule has 0 saturated heterocycles. The molecule has 120 valence electrons. The summed E-state index contributed by atoms with van der Waals surface area (Å²) < 4.78 is 10.5. The van der Waals surface area contributed by atoms with Gasteiger partial charge in [-0.05, 0) is 51.1 Å². The van der Waals surface area contributed by atoms with Gasteiger partial charge < -0.3 is 14.5 Å². The molecule has 1 aromatic heterocycles. The largest absolute Gasteiger partial charge is 0.468 e. The van der Waals surface area contributed by atoms with Gasteiger partial charge in [-0.1, -0.05) is 13.3 Å². The van der Waals surface area contributed by atoms with Gasteiger partial charge in [0.05, 0.1) is 18.6 Å². The lowest BCUT2D eigenvalue weighted by atomic mass is 9.95. The second-order valence-electron chi connectivity index (χ2n) is 5.17. The molecule has 1 unspecified atom stereocenters. The van der Waals surface area contributed by atoms with E-state index in [4.69, 9.17) is 9.15 Å². The molecule has 5 heteroatoms. The van der Waals surface area contributed by atoms with E-state index < -0.39 is 5.54 Å². The standard InChI is InChI=1S/C16H27NO3S/c1-4-17-16(3,15(18)19-5-2)10-6-7-12-21-13-14-9-8-11-20-14/h8-9,11,17H,4-7,10,12-13H2,1-3H3. The highest BCUT2D eigenvalue weighted by molar-refractivity contribution is 7.98. The molecule has 21 heavy (non-hydrogen) atoms. The Hall–Kier alpha value is -0.940. The van der Waals surface area contributed by atoms with Crippen LogP contribution in [-0.4, -0.2) is 30.4 Å². The van der Waals surface area contributed by atoms with E-state index >= 15 is 0 Å². The summed E-state index contributed by atoms with van der Waals surface area (Å²) in [5, 5.41) is 3.26. The molecule has 0 aliphatic rings. The molecule has 1 rings (SSSR count). The van der Waals surface area contributed by atoms with E-state index in [1.165, 1.54) is 0 Å². The molecule has 1 atom stereocenters. The Balaban J connectivity index is 2.22. The monoisotopic (exact) mass is 313 g/mol. The first-order valence-electron chi connectivity index (χ1n) is 7.64. The first-order valence-corrected chi connectivity index (χ1v) is 8.80. The minimum Gasteiger partial charge on any atom is -0.468 e. The summed E-state index contributed by atoms with van der Waals surface area (Å²) in [7, 11) is 0. The predicted octanol–water partition coefficient (Wildman–Crippen LogP) is 3.61. The molecule has 0 aliphatic carbocycles. The third-order valence-corrected chi connectivity index (χ3v) is 4.40. The van der Waals surface area contributed by atoms with Gasteiger partial charge in [0.25, 0.3) is 0 Å². The molecule has 0 radical (unpaired) electrons. The zero-order chi connectivity index (χ0) is 15.6. The lowest BCUT2D eigenvalue weighted by molar-refractivity contribution is -0.150. The second kappa shape index (κ2) is 9.90. The first-order chi connectivity index (χ1) is 10.1. The van der Waals surface area contributed by atoms with E-state index in [1.807, 2.05) is 44.7 Å². The summed E-state index contributed by atoms with van der Waals surface area (Å²) >= 11 is 1.86. The molecule has 1 heterocycles. The maximum Gasteiger partial charge on any atom is 0.326 e. The van der Waals surface area contributed by atoms with Crippen LogP contribution in [0.2, 0.25) is 0 Å². The Kier molecular flexibility index (Phi) is 8.54. The number of hydrogen-bond donors (Lipinski definition) is 1. The molecule has 0 aliphatic heterocycles. The van der Waals surface area contributed by atoms with Gasteiger partial charge >= 0.3 is 5.97 Å². The number of furan rings is 1. The van der Waals surface area contributed by atoms with Crippen molar-refractivity contribution in [1.29, 1.82) is 0 Å². The molecule has 1 N–H and O–H groups in total. The average molecular weight is 313 g/mol. The van der Waals surface area contributed by atoms with E-state index in [0.717, 1.165) is 43.1 Å². The smallest absolute Gasteiger partial charge is 0.326 e. The van der Waals surface area contributed by atoms with Gasteiger partial charge in [0.15, 0.2) is 0 Å². The van der Waals surface area contributed by atoms with Crippen LogP contribution in [0.25, 0.3) is 0 Å². The number of rotatable bonds is 11. The maximum atomic E-state index is 12.0. The highest BCUT2D eigenvalue weighted by Crippen LogP contribution is 2.19. The van der Waals surface area contributed by atoms with Crippen LogP contribution in [0, 0.1) is 0 Å². The minimum atomic E-state index is -0.559. The molecule has 0 spiro atoms. The van der Waals surface area contributed by atoms with Crippen LogP contribution in [0.15, 0.2) is 22.8 Å². The van der Waals surface area contributed by atoms with Crippen LogP contribution in [0.4, 0.5) is 0 Å². The number of nitrogens with one attached hydrogen (secondary N) is 1. The molecule has 0 saturated carbocycles. The highest BCUT2D eigenvalue weighted by Gasteiger charge is 2.32. The van der Waals surface area contributed by atoms with Crippen molar-refractivity contribution < 1.29 is 13.9 Å². The number of ether oxygens (including phenoxy) is 1. The number of unbranched alkanes of at least 4 members (excludes halogenated alkanes) is 1. The van der Waals surface area contributed by atoms with Crippen molar-refractivity contribution in [3.05, 3.63) is 24.2 Å². The Labute approximate surface area is 132 Å². The molecular formula is C16H27NO3S. The van der Waals surface area contributed by atoms with Crippen LogP contribution in [0.1, 0.15) is 45.8 Å². The fourth-order valence-electron chi connectivity index (χ4n) is 2.19. The van der Waals surface area contributed by atoms with E-state index in [-0.39, 0.29) is 5.97 Å². The first kappa shape index (κ1) is 18.1. The summed E-state index contributed by atoms with van der Waals surface area (Å²) in [5.41, 5.74) is -0.559. The van der Waals surface area contributed by atoms with Crippen LogP contribution in [0.3, 0.4) is 0 Å². The maximum absolute atomic E-state index is 12.0. The van der Waals surface area contributed by atoms with Gasteiger partial charge in [0.1, 0.15) is 11.3 Å². The normalized spacial score (nSPS) is 13.9. The van der Waals surface area contributed by atoms with Crippen molar-refractivity contribution in [3.63, 3.8) is 0 Å². The van der Waals surface area contributed by atoms with Crippen molar-refractivity contribution >= 4 is 17.7 Å². The van der Waals surface area contributed by atoms with E-state index in [1.54, 1.807) is 6.26 Å². The number of thioether (sulfide) groups is 1. The van der Waals surface area contributed by atoms with Crippen LogP contribution in [-0.2, 0) is 15.3 Å². The van der Waals surface area contributed by atoms with Crippen molar-refractivity contribution in [2.24, 2.45) is 0 Å². The van der Waals surface area contributed by atoms with Crippen molar-refractivity contribution in [1.82, 2.24) is 5.32 Å². The van der Waals surface area contributed by atoms with Gasteiger partial charge in [-0.3, -0.25) is 4.79 Å². The Morgan fingerprint density at radius 3 is 2.86 bits per heavy atom. The predicted molar refractivity (Wildman–Crippen MR) is 87.4 cm³/mol. The van der Waals surface area contributed by atoms with Crippen LogP contribution < -0.4 is 5.32 Å². The molecule has 1 aromatic rings. The van der Waals surface area contributed by atoms with Gasteiger partial charge in [-0.15, -0.1) is 0 Å². The lowest BCUT2D eigenvalue weighted by Crippen LogP contribution is -2.50. The van der Waals surface area contributed by atoms with Gasteiger partial charge in [-0.25, -0.2) is 0 Å². The van der Waals surface area contributed by atoms with Gasteiger partial charge in [0.2, 0.25) is 0 Å². The van der Waals surface area contributed by atoms with E-state index in [2.05, 4.69) is 5.32 Å². The molecule has 0 fully saturated rings. The summed E-state index contributed by atoms with van der Waals surface area (Å²) in [6.07, 6.45) is 4.61. The van der Waals surface area contributed by atoms with Crippen molar-refractivity contribution in [2.75, 3.05) is 18.9 Å². The lowest BCUT2D eigenvalue weighted by Gasteiger charge is -2.28. The third kappa shape index (κ3) is 6.57. The highest BCUT2D eigenvalue weighted by atomic mass is 32.2. The summed E-state index contributed by atoms with van der Waals surface area (Å²) in [6.45, 7) is 6.98. The van der Waals surface area contributed by atoms with E-state index in [0.29, 0.717) is 6.61 Å². The third-order valence-electron chi connectivity index (χ3n) is 3.33. The number of carbonyl (C=O) groups excluding carboxylic acids is 1. The second-order valence-corrected chi connectivity index (χ2v) is 6.28. The van der Waals surface area contributed by atoms with E-state index in [9.17, 15) is 4.79 Å². The number of carbonyl (C=O) groups is 1. The molecular weight excluding hydrogens is 286 g/mol. The number of likely N-dealkylation sites (N-methyl/N-ethyl adjacent to an activating group) is 1. The molecule has 4 nitrogen and oxygen atoms in total. The summed E-state index contributed by atoms with van der Waals surface area (Å²) in [5.74, 6) is 2.86. The Morgan fingerprint density at radius 2 is 2.24 bits per heavy atom. The molecule has 0 aromatic carbocycles. The topological polar surface area (TPSA) is 51.5 Å². The zero-order valence-electron chi connectivity index (χ0n) is 13.3. The number of hydrogen-bond acceptors (Lipinski definition) is 5. The molecule has 0 bridgehead atoms. The Bertz CT molecular complexity index is 394. The average Bonchev–Trinajstić information content (AvgIpc) is 2.96. The fourth-order valence-corrected chi connectivity index (χ4v) is 3.11. The van der Waals surface area contributed by atoms with Crippen LogP contribution >= 0.6 is 11.8 Å². The Morgan fingerprint density at radius 1 is 1.43 bits per heavy atom. The van der Waals surface area contributed by atoms with Gasteiger partial charge in [0, 0.05) is 0 Å². The summed E-state index contributed by atoms with van der Waals surface area (Å²) in [6, 6.07) is 3.91. The SMILES string of the molecule is CCNC(C)(CCCCSCc1ccco1)C(=O)OCC. The summed E-state index contributed by atoms with van der Waals surface area (Å²) in [4.78, 5) is 12.0. The van der Waals surface area contributed by atoms with Gasteiger partial charge in [-0.2, -0.15) is 11.8 Å². The fraction of sp³-hybridized carbons (Fsp3) is 0.688. The number of esters is 1. The van der Waals surface area contributed by atoms with Crippen molar-refractivity contribution in [2.45, 2.75) is 51.3 Å². The van der Waals surface area contributed by atoms with Crippen molar-refractivity contribution in [3.8, 4) is 0 Å². The zero-order valence-corrected chi connectivity index (χ0v) is 14.1. The van der Waals surface area contributed by atoms with Crippen LogP contribution in [0.5, 0.6) is 0 Å².